The average Bonchev–Trinajstić information content (AvgIpc) is 2.63. The molecule has 1 aromatic heterocycles. The van der Waals surface area contributed by atoms with Crippen molar-refractivity contribution in [3.05, 3.63) is 69.8 Å². The van der Waals surface area contributed by atoms with Gasteiger partial charge in [-0.2, -0.15) is 0 Å². The Balaban J connectivity index is 1.95. The number of benzene rings is 2. The maximum absolute atomic E-state index is 14.2. The van der Waals surface area contributed by atoms with Gasteiger partial charge >= 0.3 is 0 Å². The Morgan fingerprint density at radius 1 is 1.14 bits per heavy atom. The molecule has 0 aliphatic carbocycles. The summed E-state index contributed by atoms with van der Waals surface area (Å²) in [7, 11) is 0. The van der Waals surface area contributed by atoms with E-state index in [0.717, 1.165) is 8.47 Å². The molecule has 0 spiro atoms. The smallest absolute Gasteiger partial charge is 0.252 e. The quantitative estimate of drug-likeness (QED) is 0.405. The van der Waals surface area contributed by atoms with E-state index in [-0.39, 0.29) is 17.2 Å². The highest BCUT2D eigenvalue weighted by Gasteiger charge is 2.17. The van der Waals surface area contributed by atoms with Gasteiger partial charge in [0.05, 0.1) is 23.1 Å². The van der Waals surface area contributed by atoms with E-state index in [0.29, 0.717) is 16.3 Å². The fourth-order valence-electron chi connectivity index (χ4n) is 2.57. The van der Waals surface area contributed by atoms with E-state index in [2.05, 4.69) is 15.6 Å². The van der Waals surface area contributed by atoms with Gasteiger partial charge in [0.15, 0.2) is 0 Å². The van der Waals surface area contributed by atoms with Gasteiger partial charge in [0, 0.05) is 32.2 Å². The molecule has 2 amide bonds. The van der Waals surface area contributed by atoms with Gasteiger partial charge in [-0.1, -0.05) is 17.8 Å². The summed E-state index contributed by atoms with van der Waals surface area (Å²) in [4.78, 5) is 28.9. The summed E-state index contributed by atoms with van der Waals surface area (Å²) in [5.41, 5.74) is 6.96. The highest BCUT2D eigenvalue weighted by atomic mass is 127. The molecule has 9 heteroatoms. The molecule has 0 aliphatic rings. The zero-order valence-corrected chi connectivity index (χ0v) is 18.2. The number of nitrogens with zero attached hydrogens (tertiary/aromatic N) is 1. The summed E-state index contributed by atoms with van der Waals surface area (Å²) < 4.78 is 15.0. The fraction of sp³-hybridized carbons (Fsp3) is 0.0500. The molecule has 4 N–H and O–H groups in total. The fourth-order valence-corrected chi connectivity index (χ4v) is 4.04. The number of aromatic nitrogens is 1. The van der Waals surface area contributed by atoms with Crippen molar-refractivity contribution in [1.82, 2.24) is 4.98 Å². The van der Waals surface area contributed by atoms with E-state index >= 15 is 0 Å². The second-order valence-electron chi connectivity index (χ2n) is 5.98. The molecule has 3 aromatic rings. The minimum absolute atomic E-state index is 0.183. The number of hydrogen-bond donors (Lipinski definition) is 3. The molecule has 2 aromatic carbocycles. The molecular formula is C20H16FIN4O2S. The van der Waals surface area contributed by atoms with E-state index in [1.807, 2.05) is 28.7 Å². The molecule has 1 heterocycles. The predicted octanol–water partition coefficient (Wildman–Crippen LogP) is 4.78. The maximum Gasteiger partial charge on any atom is 0.252 e. The Kier molecular flexibility index (Phi) is 6.70. The summed E-state index contributed by atoms with van der Waals surface area (Å²) in [6.07, 6.45) is 2.95. The number of rotatable bonds is 6. The third kappa shape index (κ3) is 5.45. The number of halogens is 2. The van der Waals surface area contributed by atoms with Crippen LogP contribution >= 0.6 is 34.4 Å². The van der Waals surface area contributed by atoms with Crippen LogP contribution in [0.3, 0.4) is 0 Å². The Morgan fingerprint density at radius 3 is 2.62 bits per heavy atom. The first-order valence-corrected chi connectivity index (χ1v) is 10.3. The van der Waals surface area contributed by atoms with Gasteiger partial charge in [-0.15, -0.1) is 0 Å². The second kappa shape index (κ2) is 9.23. The Morgan fingerprint density at radius 2 is 1.93 bits per heavy atom. The van der Waals surface area contributed by atoms with Gasteiger partial charge in [-0.3, -0.25) is 14.6 Å². The first-order chi connectivity index (χ1) is 13.8. The van der Waals surface area contributed by atoms with Crippen molar-refractivity contribution in [3.63, 3.8) is 0 Å². The third-order valence-electron chi connectivity index (χ3n) is 3.74. The van der Waals surface area contributed by atoms with Gasteiger partial charge < -0.3 is 16.4 Å². The van der Waals surface area contributed by atoms with Crippen LogP contribution in [0.4, 0.5) is 21.5 Å². The number of amides is 2. The number of nitrogens with two attached hydrogens (primary N) is 1. The summed E-state index contributed by atoms with van der Waals surface area (Å²) in [5, 5.41) is 5.61. The molecule has 0 atom stereocenters. The summed E-state index contributed by atoms with van der Waals surface area (Å²) in [5.74, 6) is -1.30. The van der Waals surface area contributed by atoms with Crippen molar-refractivity contribution in [1.29, 1.82) is 0 Å². The number of carbonyl (C=O) groups excluding carboxylic acids is 2. The van der Waals surface area contributed by atoms with Gasteiger partial charge in [0.1, 0.15) is 5.82 Å². The van der Waals surface area contributed by atoms with Gasteiger partial charge in [0.25, 0.3) is 5.91 Å². The molecule has 0 saturated heterocycles. The summed E-state index contributed by atoms with van der Waals surface area (Å²) in [6.45, 7) is 1.42. The van der Waals surface area contributed by atoms with Crippen molar-refractivity contribution in [2.45, 2.75) is 16.7 Å². The van der Waals surface area contributed by atoms with Crippen LogP contribution in [0, 0.1) is 9.39 Å². The topological polar surface area (TPSA) is 97.1 Å². The Bertz CT molecular complexity index is 1090. The lowest BCUT2D eigenvalue weighted by atomic mass is 10.2. The Labute approximate surface area is 184 Å². The van der Waals surface area contributed by atoms with Crippen LogP contribution in [0.25, 0.3) is 0 Å². The minimum atomic E-state index is -0.665. The third-order valence-corrected chi connectivity index (χ3v) is 5.43. The molecule has 0 radical (unpaired) electrons. The predicted molar refractivity (Wildman–Crippen MR) is 120 cm³/mol. The molecule has 148 valence electrons. The van der Waals surface area contributed by atoms with Crippen LogP contribution in [0.1, 0.15) is 17.3 Å². The monoisotopic (exact) mass is 522 g/mol. The van der Waals surface area contributed by atoms with E-state index in [4.69, 9.17) is 5.73 Å². The van der Waals surface area contributed by atoms with Gasteiger partial charge in [0.2, 0.25) is 5.91 Å². The highest BCUT2D eigenvalue weighted by Crippen LogP contribution is 2.35. The number of primary amides is 1. The minimum Gasteiger partial charge on any atom is -0.365 e. The van der Waals surface area contributed by atoms with Gasteiger partial charge in [-0.25, -0.2) is 4.39 Å². The molecule has 0 unspecified atom stereocenters. The average molecular weight is 522 g/mol. The molecule has 29 heavy (non-hydrogen) atoms. The maximum atomic E-state index is 14.2. The highest BCUT2D eigenvalue weighted by molar-refractivity contribution is 14.1. The van der Waals surface area contributed by atoms with E-state index < -0.39 is 11.7 Å². The van der Waals surface area contributed by atoms with Crippen molar-refractivity contribution in [2.24, 2.45) is 5.73 Å². The Hall–Kier alpha value is -2.66. The number of carbonyl (C=O) groups is 2. The molecule has 0 bridgehead atoms. The number of nitrogens with one attached hydrogen (secondary N) is 2. The van der Waals surface area contributed by atoms with Gasteiger partial charge in [-0.05, 0) is 59.0 Å². The molecular weight excluding hydrogens is 506 g/mol. The zero-order valence-electron chi connectivity index (χ0n) is 15.2. The molecule has 0 fully saturated rings. The van der Waals surface area contributed by atoms with E-state index in [1.54, 1.807) is 30.3 Å². The number of pyridine rings is 1. The van der Waals surface area contributed by atoms with Crippen LogP contribution in [0.2, 0.25) is 0 Å². The first kappa shape index (κ1) is 21.1. The number of anilines is 3. The van der Waals surface area contributed by atoms with E-state index in [9.17, 15) is 14.0 Å². The normalized spacial score (nSPS) is 10.4. The molecule has 3 rings (SSSR count). The summed E-state index contributed by atoms with van der Waals surface area (Å²) in [6, 6.07) is 11.9. The van der Waals surface area contributed by atoms with Crippen molar-refractivity contribution >= 4 is 63.2 Å². The van der Waals surface area contributed by atoms with Crippen molar-refractivity contribution in [3.8, 4) is 0 Å². The largest absolute Gasteiger partial charge is 0.365 e. The lowest BCUT2D eigenvalue weighted by Crippen LogP contribution is -2.15. The standard InChI is InChI=1S/C20H16FIN4O2S/c1-11(27)25-13-3-2-4-14(8-13)29-18-10-24-9-17(19(18)20(23)28)26-16-6-5-12(22)7-15(16)21/h2-10,26H,1H3,(H2,23,28)(H,25,27). The molecule has 0 saturated carbocycles. The van der Waals surface area contributed by atoms with Crippen LogP contribution in [-0.2, 0) is 4.79 Å². The first-order valence-electron chi connectivity index (χ1n) is 8.39. The van der Waals surface area contributed by atoms with Crippen LogP contribution in [0.15, 0.2) is 64.6 Å². The van der Waals surface area contributed by atoms with E-state index in [1.165, 1.54) is 37.1 Å². The lowest BCUT2D eigenvalue weighted by Gasteiger charge is -2.14. The van der Waals surface area contributed by atoms with Crippen LogP contribution in [0.5, 0.6) is 0 Å². The van der Waals surface area contributed by atoms with Crippen LogP contribution < -0.4 is 16.4 Å². The number of hydrogen-bond acceptors (Lipinski definition) is 5. The zero-order chi connectivity index (χ0) is 21.0. The van der Waals surface area contributed by atoms with Crippen LogP contribution in [-0.4, -0.2) is 16.8 Å². The molecule has 6 nitrogen and oxygen atoms in total. The second-order valence-corrected chi connectivity index (χ2v) is 8.35. The molecule has 0 aliphatic heterocycles. The van der Waals surface area contributed by atoms with Crippen molar-refractivity contribution < 1.29 is 14.0 Å². The summed E-state index contributed by atoms with van der Waals surface area (Å²) >= 11 is 3.28. The lowest BCUT2D eigenvalue weighted by molar-refractivity contribution is -0.114. The SMILES string of the molecule is CC(=O)Nc1cccc(Sc2cncc(Nc3ccc(I)cc3F)c2C(N)=O)c1. The van der Waals surface area contributed by atoms with Crippen molar-refractivity contribution in [2.75, 3.05) is 10.6 Å².